The molecule has 124 valence electrons. The molecule has 2 N–H and O–H groups in total. The molecule has 1 atom stereocenters. The van der Waals surface area contributed by atoms with Crippen LogP contribution in [0.1, 0.15) is 28.6 Å². The van der Waals surface area contributed by atoms with Crippen LogP contribution in [-0.2, 0) is 0 Å². The lowest BCUT2D eigenvalue weighted by Gasteiger charge is -2.22. The van der Waals surface area contributed by atoms with Crippen molar-refractivity contribution in [3.8, 4) is 11.1 Å². The van der Waals surface area contributed by atoms with Gasteiger partial charge in [-0.25, -0.2) is 0 Å². The second kappa shape index (κ2) is 7.04. The number of likely N-dealkylation sites (tertiary alicyclic amines) is 1. The lowest BCUT2D eigenvalue weighted by molar-refractivity contribution is 0.0782. The van der Waals surface area contributed by atoms with Crippen molar-refractivity contribution >= 4 is 29.7 Å². The highest BCUT2D eigenvalue weighted by molar-refractivity contribution is 7.12. The number of aryl methyl sites for hydroxylation is 1. The topological polar surface area (TPSA) is 46.3 Å². The van der Waals surface area contributed by atoms with Crippen LogP contribution in [0.25, 0.3) is 11.1 Å². The quantitative estimate of drug-likeness (QED) is 0.910. The highest BCUT2D eigenvalue weighted by Gasteiger charge is 2.36. The number of nitrogens with two attached hydrogens (primary N) is 1. The van der Waals surface area contributed by atoms with Crippen molar-refractivity contribution in [3.63, 3.8) is 0 Å². The van der Waals surface area contributed by atoms with E-state index in [1.807, 2.05) is 16.3 Å². The smallest absolute Gasteiger partial charge is 0.264 e. The van der Waals surface area contributed by atoms with Crippen LogP contribution >= 0.6 is 23.7 Å². The zero-order valence-electron chi connectivity index (χ0n) is 13.5. The van der Waals surface area contributed by atoms with E-state index in [0.29, 0.717) is 6.54 Å². The molecule has 23 heavy (non-hydrogen) atoms. The van der Waals surface area contributed by atoms with Crippen molar-refractivity contribution < 1.29 is 4.79 Å². The number of rotatable bonds is 3. The number of carbonyl (C=O) groups is 1. The Morgan fingerprint density at radius 1 is 1.30 bits per heavy atom. The van der Waals surface area contributed by atoms with E-state index in [1.54, 1.807) is 0 Å². The Bertz CT molecular complexity index is 683. The molecule has 2 aromatic rings. The van der Waals surface area contributed by atoms with Gasteiger partial charge in [-0.3, -0.25) is 4.79 Å². The predicted octanol–water partition coefficient (Wildman–Crippen LogP) is 3.96. The predicted molar refractivity (Wildman–Crippen MR) is 99.4 cm³/mol. The first-order valence-electron chi connectivity index (χ1n) is 7.66. The van der Waals surface area contributed by atoms with Gasteiger partial charge in [0, 0.05) is 18.7 Å². The monoisotopic (exact) mass is 350 g/mol. The summed E-state index contributed by atoms with van der Waals surface area (Å²) in [6, 6.07) is 10.4. The summed E-state index contributed by atoms with van der Waals surface area (Å²) in [6.45, 7) is 6.42. The number of hydrogen-bond donors (Lipinski definition) is 1. The molecule has 5 heteroatoms. The number of nitrogens with zero attached hydrogens (tertiary/aromatic N) is 1. The minimum Gasteiger partial charge on any atom is -0.337 e. The molecule has 1 unspecified atom stereocenters. The molecule has 0 radical (unpaired) electrons. The summed E-state index contributed by atoms with van der Waals surface area (Å²) in [7, 11) is 0. The molecule has 0 aliphatic carbocycles. The fourth-order valence-electron chi connectivity index (χ4n) is 2.94. The summed E-state index contributed by atoms with van der Waals surface area (Å²) in [5, 5.41) is 2.00. The molecule has 1 aliphatic rings. The van der Waals surface area contributed by atoms with Gasteiger partial charge in [-0.05, 0) is 42.3 Å². The molecule has 1 aromatic heterocycles. The third-order valence-electron chi connectivity index (χ3n) is 4.56. The lowest BCUT2D eigenvalue weighted by atomic mass is 9.90. The SMILES string of the molecule is Cc1ccc(-c2ccsc2C(=O)N2CCC(C)(CN)C2)cc1.Cl. The van der Waals surface area contributed by atoms with Gasteiger partial charge in [-0.1, -0.05) is 36.8 Å². The molecular weight excluding hydrogens is 328 g/mol. The Morgan fingerprint density at radius 2 is 2.00 bits per heavy atom. The molecule has 1 fully saturated rings. The standard InChI is InChI=1S/C18H22N2OS.ClH/c1-13-3-5-14(6-4-13)15-7-10-22-16(15)17(21)20-9-8-18(2,11-19)12-20;/h3-7,10H,8-9,11-12,19H2,1-2H3;1H. The minimum atomic E-state index is 0. The van der Waals surface area contributed by atoms with E-state index in [-0.39, 0.29) is 23.7 Å². The summed E-state index contributed by atoms with van der Waals surface area (Å²) in [5.41, 5.74) is 9.29. The number of benzene rings is 1. The maximum absolute atomic E-state index is 12.9. The van der Waals surface area contributed by atoms with Crippen LogP contribution in [0.15, 0.2) is 35.7 Å². The van der Waals surface area contributed by atoms with Crippen molar-refractivity contribution in [1.82, 2.24) is 4.90 Å². The summed E-state index contributed by atoms with van der Waals surface area (Å²) < 4.78 is 0. The van der Waals surface area contributed by atoms with E-state index >= 15 is 0 Å². The number of halogens is 1. The van der Waals surface area contributed by atoms with Gasteiger partial charge in [0.1, 0.15) is 0 Å². The van der Waals surface area contributed by atoms with Crippen LogP contribution < -0.4 is 5.73 Å². The molecule has 1 aliphatic heterocycles. The fraction of sp³-hybridized carbons (Fsp3) is 0.389. The van der Waals surface area contributed by atoms with Gasteiger partial charge in [-0.15, -0.1) is 23.7 Å². The molecule has 3 nitrogen and oxygen atoms in total. The van der Waals surface area contributed by atoms with Crippen molar-refractivity contribution in [3.05, 3.63) is 46.2 Å². The van der Waals surface area contributed by atoms with Crippen LogP contribution in [0, 0.1) is 12.3 Å². The maximum Gasteiger partial charge on any atom is 0.264 e. The fourth-order valence-corrected chi connectivity index (χ4v) is 3.83. The molecule has 0 bridgehead atoms. The number of amides is 1. The molecule has 1 amide bonds. The molecule has 2 heterocycles. The zero-order chi connectivity index (χ0) is 15.7. The Hall–Kier alpha value is -1.36. The van der Waals surface area contributed by atoms with Gasteiger partial charge in [0.15, 0.2) is 0 Å². The van der Waals surface area contributed by atoms with Crippen molar-refractivity contribution in [1.29, 1.82) is 0 Å². The highest BCUT2D eigenvalue weighted by atomic mass is 35.5. The van der Waals surface area contributed by atoms with E-state index in [0.717, 1.165) is 35.5 Å². The van der Waals surface area contributed by atoms with Gasteiger partial charge in [0.25, 0.3) is 5.91 Å². The van der Waals surface area contributed by atoms with Crippen molar-refractivity contribution in [2.75, 3.05) is 19.6 Å². The number of thiophene rings is 1. The van der Waals surface area contributed by atoms with Gasteiger partial charge in [-0.2, -0.15) is 0 Å². The molecular formula is C18H23ClN2OS. The lowest BCUT2D eigenvalue weighted by Crippen LogP contribution is -2.34. The first kappa shape index (κ1) is 18.0. The van der Waals surface area contributed by atoms with Gasteiger partial charge in [0.2, 0.25) is 0 Å². The van der Waals surface area contributed by atoms with Crippen molar-refractivity contribution in [2.45, 2.75) is 20.3 Å². The van der Waals surface area contributed by atoms with Crippen LogP contribution in [-0.4, -0.2) is 30.4 Å². The highest BCUT2D eigenvalue weighted by Crippen LogP contribution is 2.34. The average Bonchev–Trinajstić information content (AvgIpc) is 3.15. The molecule has 3 rings (SSSR count). The van der Waals surface area contributed by atoms with Crippen LogP contribution in [0.2, 0.25) is 0 Å². The van der Waals surface area contributed by atoms with E-state index in [1.165, 1.54) is 16.9 Å². The van der Waals surface area contributed by atoms with E-state index in [9.17, 15) is 4.79 Å². The zero-order valence-corrected chi connectivity index (χ0v) is 15.2. The Labute approximate surface area is 147 Å². The number of hydrogen-bond acceptors (Lipinski definition) is 3. The Morgan fingerprint density at radius 3 is 2.61 bits per heavy atom. The molecule has 0 spiro atoms. The van der Waals surface area contributed by atoms with Crippen LogP contribution in [0.3, 0.4) is 0 Å². The Kier molecular flexibility index (Phi) is 5.50. The second-order valence-electron chi connectivity index (χ2n) is 6.52. The average molecular weight is 351 g/mol. The normalized spacial score (nSPS) is 20.4. The summed E-state index contributed by atoms with van der Waals surface area (Å²) in [6.07, 6.45) is 0.987. The first-order chi connectivity index (χ1) is 10.5. The maximum atomic E-state index is 12.9. The third-order valence-corrected chi connectivity index (χ3v) is 5.46. The summed E-state index contributed by atoms with van der Waals surface area (Å²) in [4.78, 5) is 15.7. The number of carbonyl (C=O) groups excluding carboxylic acids is 1. The third kappa shape index (κ3) is 3.60. The summed E-state index contributed by atoms with van der Waals surface area (Å²) >= 11 is 1.53. The molecule has 1 aromatic carbocycles. The van der Waals surface area contributed by atoms with Crippen LogP contribution in [0.5, 0.6) is 0 Å². The largest absolute Gasteiger partial charge is 0.337 e. The van der Waals surface area contributed by atoms with Gasteiger partial charge >= 0.3 is 0 Å². The minimum absolute atomic E-state index is 0. The Balaban J connectivity index is 0.00000192. The first-order valence-corrected chi connectivity index (χ1v) is 8.54. The van der Waals surface area contributed by atoms with E-state index in [4.69, 9.17) is 5.73 Å². The van der Waals surface area contributed by atoms with Gasteiger partial charge in [0.05, 0.1) is 4.88 Å². The van der Waals surface area contributed by atoms with Crippen molar-refractivity contribution in [2.24, 2.45) is 11.1 Å². The van der Waals surface area contributed by atoms with Gasteiger partial charge < -0.3 is 10.6 Å². The van der Waals surface area contributed by atoms with E-state index in [2.05, 4.69) is 38.1 Å². The van der Waals surface area contributed by atoms with Crippen LogP contribution in [0.4, 0.5) is 0 Å². The molecule has 0 saturated carbocycles. The summed E-state index contributed by atoms with van der Waals surface area (Å²) in [5.74, 6) is 0.141. The van der Waals surface area contributed by atoms with E-state index < -0.39 is 0 Å². The molecule has 1 saturated heterocycles. The second-order valence-corrected chi connectivity index (χ2v) is 7.44.